The summed E-state index contributed by atoms with van der Waals surface area (Å²) in [7, 11) is -3.66. The van der Waals surface area contributed by atoms with Crippen molar-refractivity contribution in [1.82, 2.24) is 19.9 Å². The van der Waals surface area contributed by atoms with Crippen LogP contribution in [0.3, 0.4) is 0 Å². The van der Waals surface area contributed by atoms with Crippen molar-refractivity contribution in [2.24, 2.45) is 0 Å². The number of sulfonamides is 1. The second-order valence-corrected chi connectivity index (χ2v) is 8.73. The zero-order chi connectivity index (χ0) is 20.1. The number of nitrogens with one attached hydrogen (secondary N) is 3. The van der Waals surface area contributed by atoms with Crippen LogP contribution in [-0.2, 0) is 14.8 Å². The lowest BCUT2D eigenvalue weighted by molar-refractivity contribution is -0.116. The number of H-pyrrole nitrogens is 1. The maximum absolute atomic E-state index is 12.4. The quantitative estimate of drug-likeness (QED) is 0.644. The SMILES string of the molecule is Cc1ccc(C)c(S(=O)(=O)NCCC(=O)Nc2nc(N3CCCCC3)n[nH]2)c1. The summed E-state index contributed by atoms with van der Waals surface area (Å²) in [6.45, 7) is 5.39. The van der Waals surface area contributed by atoms with E-state index in [1.54, 1.807) is 19.1 Å². The number of hydrogen-bond donors (Lipinski definition) is 3. The van der Waals surface area contributed by atoms with Crippen molar-refractivity contribution in [3.8, 4) is 0 Å². The molecule has 0 unspecified atom stereocenters. The number of piperidine rings is 1. The summed E-state index contributed by atoms with van der Waals surface area (Å²) in [5.41, 5.74) is 1.52. The maximum Gasteiger partial charge on any atom is 0.246 e. The molecular weight excluding hydrogens is 380 g/mol. The molecule has 28 heavy (non-hydrogen) atoms. The summed E-state index contributed by atoms with van der Waals surface area (Å²) in [6, 6.07) is 5.24. The van der Waals surface area contributed by atoms with Crippen molar-refractivity contribution in [2.75, 3.05) is 29.9 Å². The molecule has 3 rings (SSSR count). The molecule has 1 fully saturated rings. The molecule has 10 heteroatoms. The van der Waals surface area contributed by atoms with Crippen LogP contribution in [0.2, 0.25) is 0 Å². The van der Waals surface area contributed by atoms with Crippen LogP contribution in [0.15, 0.2) is 23.1 Å². The monoisotopic (exact) mass is 406 g/mol. The predicted octanol–water partition coefficient (Wildman–Crippen LogP) is 1.72. The van der Waals surface area contributed by atoms with Gasteiger partial charge >= 0.3 is 0 Å². The number of anilines is 2. The lowest BCUT2D eigenvalue weighted by Crippen LogP contribution is -2.30. The van der Waals surface area contributed by atoms with Gasteiger partial charge in [0.1, 0.15) is 0 Å². The first kappa shape index (κ1) is 20.3. The standard InChI is InChI=1S/C18H26N6O3S/c1-13-6-7-14(2)15(12-13)28(26,27)19-9-8-16(25)20-17-21-18(23-22-17)24-10-4-3-5-11-24/h6-7,12,19H,3-5,8-11H2,1-2H3,(H2,20,21,22,23,25). The van der Waals surface area contributed by atoms with Gasteiger partial charge in [-0.25, -0.2) is 18.2 Å². The Morgan fingerprint density at radius 1 is 1.21 bits per heavy atom. The molecule has 0 spiro atoms. The Bertz CT molecular complexity index is 935. The number of benzene rings is 1. The van der Waals surface area contributed by atoms with E-state index in [0.717, 1.165) is 31.5 Å². The van der Waals surface area contributed by atoms with Crippen LogP contribution in [0, 0.1) is 13.8 Å². The second-order valence-electron chi connectivity index (χ2n) is 7.00. The Balaban J connectivity index is 1.50. The van der Waals surface area contributed by atoms with Crippen molar-refractivity contribution in [3.63, 3.8) is 0 Å². The predicted molar refractivity (Wildman–Crippen MR) is 107 cm³/mol. The van der Waals surface area contributed by atoms with Gasteiger partial charge in [0.2, 0.25) is 27.8 Å². The van der Waals surface area contributed by atoms with Crippen LogP contribution < -0.4 is 14.9 Å². The number of hydrogen-bond acceptors (Lipinski definition) is 6. The average Bonchev–Trinajstić information content (AvgIpc) is 3.12. The number of carbonyl (C=O) groups is 1. The summed E-state index contributed by atoms with van der Waals surface area (Å²) in [5.74, 6) is 0.499. The normalized spacial score (nSPS) is 14.9. The highest BCUT2D eigenvalue weighted by atomic mass is 32.2. The molecule has 1 aliphatic rings. The van der Waals surface area contributed by atoms with Crippen LogP contribution in [0.4, 0.5) is 11.9 Å². The fourth-order valence-electron chi connectivity index (χ4n) is 3.11. The van der Waals surface area contributed by atoms with E-state index in [9.17, 15) is 13.2 Å². The number of aromatic nitrogens is 3. The molecule has 0 saturated carbocycles. The van der Waals surface area contributed by atoms with E-state index in [0.29, 0.717) is 11.5 Å². The fraction of sp³-hybridized carbons (Fsp3) is 0.500. The summed E-state index contributed by atoms with van der Waals surface area (Å²) in [6.07, 6.45) is 3.42. The number of nitrogens with zero attached hydrogens (tertiary/aromatic N) is 3. The van der Waals surface area contributed by atoms with Crippen molar-refractivity contribution in [2.45, 2.75) is 44.4 Å². The molecule has 1 aliphatic heterocycles. The van der Waals surface area contributed by atoms with Crippen molar-refractivity contribution < 1.29 is 13.2 Å². The summed E-state index contributed by atoms with van der Waals surface area (Å²) in [5, 5.41) is 9.46. The van der Waals surface area contributed by atoms with E-state index in [2.05, 4.69) is 30.1 Å². The maximum atomic E-state index is 12.4. The molecule has 1 saturated heterocycles. The first-order valence-corrected chi connectivity index (χ1v) is 10.9. The van der Waals surface area contributed by atoms with Gasteiger partial charge in [0.05, 0.1) is 4.90 Å². The van der Waals surface area contributed by atoms with Gasteiger partial charge in [-0.15, -0.1) is 5.10 Å². The van der Waals surface area contributed by atoms with Gasteiger partial charge in [-0.2, -0.15) is 4.98 Å². The Kier molecular flexibility index (Phi) is 6.30. The van der Waals surface area contributed by atoms with Crippen molar-refractivity contribution in [3.05, 3.63) is 29.3 Å². The lowest BCUT2D eigenvalue weighted by Gasteiger charge is -2.24. The van der Waals surface area contributed by atoms with E-state index >= 15 is 0 Å². The smallest absolute Gasteiger partial charge is 0.246 e. The van der Waals surface area contributed by atoms with Crippen molar-refractivity contribution in [1.29, 1.82) is 0 Å². The van der Waals surface area contributed by atoms with E-state index in [1.807, 2.05) is 13.0 Å². The summed E-state index contributed by atoms with van der Waals surface area (Å²) in [4.78, 5) is 18.7. The van der Waals surface area contributed by atoms with E-state index in [4.69, 9.17) is 0 Å². The molecule has 0 bridgehead atoms. The minimum atomic E-state index is -3.66. The highest BCUT2D eigenvalue weighted by Gasteiger charge is 2.18. The van der Waals surface area contributed by atoms with Gasteiger partial charge in [0.15, 0.2) is 0 Å². The molecule has 2 aromatic rings. The minimum absolute atomic E-state index is 0.00529. The van der Waals surface area contributed by atoms with Gasteiger partial charge < -0.3 is 4.90 Å². The molecule has 1 aromatic carbocycles. The fourth-order valence-corrected chi connectivity index (χ4v) is 4.47. The van der Waals surface area contributed by atoms with Crippen LogP contribution in [0.25, 0.3) is 0 Å². The molecule has 2 heterocycles. The molecule has 0 atom stereocenters. The third-order valence-electron chi connectivity index (χ3n) is 4.65. The highest BCUT2D eigenvalue weighted by Crippen LogP contribution is 2.17. The number of aromatic amines is 1. The Morgan fingerprint density at radius 2 is 1.96 bits per heavy atom. The van der Waals surface area contributed by atoms with E-state index < -0.39 is 10.0 Å². The first-order chi connectivity index (χ1) is 13.3. The molecule has 0 aliphatic carbocycles. The van der Waals surface area contributed by atoms with E-state index in [1.165, 1.54) is 6.42 Å². The number of aryl methyl sites for hydroxylation is 2. The van der Waals surface area contributed by atoms with Gasteiger partial charge in [-0.05, 0) is 50.3 Å². The van der Waals surface area contributed by atoms with Gasteiger partial charge in [-0.3, -0.25) is 10.1 Å². The van der Waals surface area contributed by atoms with Crippen LogP contribution in [-0.4, -0.2) is 49.1 Å². The molecule has 3 N–H and O–H groups in total. The Labute approximate surface area is 165 Å². The third-order valence-corrected chi connectivity index (χ3v) is 6.25. The largest absolute Gasteiger partial charge is 0.340 e. The molecular formula is C18H26N6O3S. The van der Waals surface area contributed by atoms with E-state index in [-0.39, 0.29) is 29.7 Å². The topological polar surface area (TPSA) is 120 Å². The van der Waals surface area contributed by atoms with Crippen LogP contribution in [0.1, 0.15) is 36.8 Å². The molecule has 0 radical (unpaired) electrons. The molecule has 1 aromatic heterocycles. The third kappa shape index (κ3) is 5.08. The minimum Gasteiger partial charge on any atom is -0.340 e. The van der Waals surface area contributed by atoms with Gasteiger partial charge in [-0.1, -0.05) is 12.1 Å². The number of amides is 1. The van der Waals surface area contributed by atoms with Gasteiger partial charge in [0, 0.05) is 26.1 Å². The summed E-state index contributed by atoms with van der Waals surface area (Å²) < 4.78 is 27.4. The molecule has 1 amide bonds. The zero-order valence-electron chi connectivity index (χ0n) is 16.2. The summed E-state index contributed by atoms with van der Waals surface area (Å²) >= 11 is 0. The van der Waals surface area contributed by atoms with Crippen LogP contribution >= 0.6 is 0 Å². The van der Waals surface area contributed by atoms with Crippen molar-refractivity contribution >= 4 is 27.8 Å². The highest BCUT2D eigenvalue weighted by molar-refractivity contribution is 7.89. The Morgan fingerprint density at radius 3 is 2.71 bits per heavy atom. The lowest BCUT2D eigenvalue weighted by atomic mass is 10.1. The van der Waals surface area contributed by atoms with Gasteiger partial charge in [0.25, 0.3) is 0 Å². The molecule has 152 valence electrons. The molecule has 9 nitrogen and oxygen atoms in total. The second kappa shape index (κ2) is 8.70. The van der Waals surface area contributed by atoms with Crippen LogP contribution in [0.5, 0.6) is 0 Å². The first-order valence-electron chi connectivity index (χ1n) is 9.39. The zero-order valence-corrected chi connectivity index (χ0v) is 17.0. The number of carbonyl (C=O) groups excluding carboxylic acids is 1. The Hall–Kier alpha value is -2.46. The average molecular weight is 407 g/mol. The number of rotatable bonds is 7.